The summed E-state index contributed by atoms with van der Waals surface area (Å²) in [5, 5.41) is 14.4. The third-order valence-electron chi connectivity index (χ3n) is 4.46. The van der Waals surface area contributed by atoms with Crippen LogP contribution in [0.3, 0.4) is 0 Å². The summed E-state index contributed by atoms with van der Waals surface area (Å²) in [5.74, 6) is 0.0767. The van der Waals surface area contributed by atoms with E-state index in [1.807, 2.05) is 0 Å². The number of nitrogens with two attached hydrogens (primary N) is 1. The van der Waals surface area contributed by atoms with Crippen LogP contribution in [0.2, 0.25) is 0 Å². The zero-order valence-corrected chi connectivity index (χ0v) is 18.9. The highest BCUT2D eigenvalue weighted by Crippen LogP contribution is 2.66. The summed E-state index contributed by atoms with van der Waals surface area (Å²) in [5.41, 5.74) is 3.96. The standard InChI is InChI=1S/C13H18FN4O12P3/c1-2-13(5-27-32(23,24)30-33(25,26)29-31(20,21)22)11(19)9(14)10(28-13)7-3-4-8-12(15)16-6-17-18(7)8/h2-4,6,9-11,19H,1,5H2,(H,23,24)(H,25,26)(H2,15,16,17)(H2,20,21,22). The summed E-state index contributed by atoms with van der Waals surface area (Å²) < 4.78 is 67.6. The number of aliphatic hydroxyl groups is 1. The normalized spacial score (nSPS) is 29.6. The topological polar surface area (TPSA) is 245 Å². The summed E-state index contributed by atoms with van der Waals surface area (Å²) in [6.07, 6.45) is -3.69. The van der Waals surface area contributed by atoms with Crippen molar-refractivity contribution in [2.45, 2.75) is 24.0 Å². The SMILES string of the molecule is C=CC1(COP(=O)(O)OP(=O)(O)OP(=O)(O)O)OC(c2ccc3c(N)ncnn23)C(F)C1O. The molecular formula is C13H18FN4O12P3. The Morgan fingerprint density at radius 2 is 1.91 bits per heavy atom. The van der Waals surface area contributed by atoms with Crippen LogP contribution in [0.5, 0.6) is 0 Å². The molecule has 1 saturated heterocycles. The highest BCUT2D eigenvalue weighted by molar-refractivity contribution is 7.66. The molecule has 3 rings (SSSR count). The van der Waals surface area contributed by atoms with Crippen molar-refractivity contribution >= 4 is 34.8 Å². The van der Waals surface area contributed by atoms with Gasteiger partial charge in [-0.1, -0.05) is 6.08 Å². The first-order valence-corrected chi connectivity index (χ1v) is 13.1. The molecule has 1 aliphatic heterocycles. The molecule has 1 fully saturated rings. The van der Waals surface area contributed by atoms with Crippen molar-refractivity contribution in [1.82, 2.24) is 14.6 Å². The van der Waals surface area contributed by atoms with Gasteiger partial charge in [-0.3, -0.25) is 4.52 Å². The number of phosphoric ester groups is 1. The van der Waals surface area contributed by atoms with Crippen molar-refractivity contribution in [3.63, 3.8) is 0 Å². The number of hydrogen-bond acceptors (Lipinski definition) is 11. The van der Waals surface area contributed by atoms with Crippen LogP contribution in [0.1, 0.15) is 11.8 Å². The average molecular weight is 534 g/mol. The molecule has 6 atom stereocenters. The molecule has 0 aromatic carbocycles. The Bertz CT molecular complexity index is 1200. The van der Waals surface area contributed by atoms with Gasteiger partial charge in [0.15, 0.2) is 12.0 Å². The number of alkyl halides is 1. The fraction of sp³-hybridized carbons (Fsp3) is 0.385. The van der Waals surface area contributed by atoms with E-state index >= 15 is 4.39 Å². The van der Waals surface area contributed by atoms with E-state index in [1.165, 1.54) is 16.6 Å². The summed E-state index contributed by atoms with van der Waals surface area (Å²) in [7, 11) is -16.9. The molecule has 6 unspecified atom stereocenters. The fourth-order valence-electron chi connectivity index (χ4n) is 3.05. The van der Waals surface area contributed by atoms with Gasteiger partial charge < -0.3 is 35.2 Å². The van der Waals surface area contributed by atoms with Crippen molar-refractivity contribution in [2.24, 2.45) is 0 Å². The van der Waals surface area contributed by atoms with Gasteiger partial charge >= 0.3 is 23.5 Å². The lowest BCUT2D eigenvalue weighted by Crippen LogP contribution is -2.44. The minimum absolute atomic E-state index is 0.0767. The average Bonchev–Trinajstić information content (AvgIpc) is 3.19. The maximum Gasteiger partial charge on any atom is 0.490 e. The van der Waals surface area contributed by atoms with E-state index in [1.54, 1.807) is 0 Å². The third kappa shape index (κ3) is 5.57. The number of anilines is 1. The lowest BCUT2D eigenvalue weighted by atomic mass is 9.96. The van der Waals surface area contributed by atoms with Gasteiger partial charge in [0.1, 0.15) is 29.7 Å². The molecule has 16 nitrogen and oxygen atoms in total. The Kier molecular flexibility index (Phi) is 7.01. The lowest BCUT2D eigenvalue weighted by Gasteiger charge is -2.28. The molecule has 2 aromatic rings. The molecule has 33 heavy (non-hydrogen) atoms. The highest BCUT2D eigenvalue weighted by Gasteiger charge is 2.56. The molecule has 20 heteroatoms. The number of phosphoric acid groups is 3. The molecule has 0 bridgehead atoms. The number of fused-ring (bicyclic) bond motifs is 1. The first kappa shape index (κ1) is 26.0. The van der Waals surface area contributed by atoms with Gasteiger partial charge in [0, 0.05) is 0 Å². The zero-order valence-electron chi connectivity index (χ0n) is 16.2. The van der Waals surface area contributed by atoms with Crippen molar-refractivity contribution in [3.8, 4) is 0 Å². The summed E-state index contributed by atoms with van der Waals surface area (Å²) >= 11 is 0. The van der Waals surface area contributed by atoms with Gasteiger partial charge in [0.25, 0.3) is 0 Å². The van der Waals surface area contributed by atoms with E-state index in [4.69, 9.17) is 20.3 Å². The van der Waals surface area contributed by atoms with Crippen molar-refractivity contribution < 1.29 is 60.6 Å². The van der Waals surface area contributed by atoms with E-state index in [-0.39, 0.29) is 11.5 Å². The molecule has 0 radical (unpaired) electrons. The maximum absolute atomic E-state index is 15.0. The number of nitrogen functional groups attached to an aromatic ring is 1. The Labute approximate surface area is 183 Å². The van der Waals surface area contributed by atoms with Crippen molar-refractivity contribution in [2.75, 3.05) is 12.3 Å². The molecule has 3 heterocycles. The summed E-state index contributed by atoms with van der Waals surface area (Å²) in [6.45, 7) is 2.25. The molecule has 184 valence electrons. The number of hydrogen-bond donors (Lipinski definition) is 6. The monoisotopic (exact) mass is 534 g/mol. The van der Waals surface area contributed by atoms with Crippen molar-refractivity contribution in [1.29, 1.82) is 0 Å². The van der Waals surface area contributed by atoms with Crippen molar-refractivity contribution in [3.05, 3.63) is 36.8 Å². The second kappa shape index (κ2) is 8.89. The van der Waals surface area contributed by atoms with Crippen LogP contribution < -0.4 is 5.73 Å². The van der Waals surface area contributed by atoms with E-state index in [9.17, 15) is 28.6 Å². The van der Waals surface area contributed by atoms with E-state index in [0.29, 0.717) is 5.52 Å². The minimum atomic E-state index is -5.77. The van der Waals surface area contributed by atoms with Crippen LogP contribution >= 0.6 is 23.5 Å². The second-order valence-corrected chi connectivity index (χ2v) is 11.1. The van der Waals surface area contributed by atoms with Crippen LogP contribution in [-0.2, 0) is 31.6 Å². The Morgan fingerprint density at radius 1 is 1.24 bits per heavy atom. The number of nitrogens with zero attached hydrogens (tertiary/aromatic N) is 3. The van der Waals surface area contributed by atoms with Gasteiger partial charge in [-0.25, -0.2) is 27.6 Å². The minimum Gasteiger partial charge on any atom is -0.386 e. The molecule has 7 N–H and O–H groups in total. The van der Waals surface area contributed by atoms with E-state index < -0.39 is 54.1 Å². The van der Waals surface area contributed by atoms with Gasteiger partial charge in [0.05, 0.1) is 12.3 Å². The summed E-state index contributed by atoms with van der Waals surface area (Å²) in [4.78, 5) is 39.7. The lowest BCUT2D eigenvalue weighted by molar-refractivity contribution is -0.0780. The Hall–Kier alpha value is -1.58. The van der Waals surface area contributed by atoms with Crippen LogP contribution in [0.4, 0.5) is 10.2 Å². The third-order valence-corrected chi connectivity index (χ3v) is 8.24. The maximum atomic E-state index is 15.0. The molecule has 0 saturated carbocycles. The van der Waals surface area contributed by atoms with E-state index in [0.717, 1.165) is 12.4 Å². The molecular weight excluding hydrogens is 516 g/mol. The van der Waals surface area contributed by atoms with E-state index in [2.05, 4.69) is 29.8 Å². The fourth-order valence-corrected chi connectivity index (χ4v) is 6.11. The Balaban J connectivity index is 1.81. The number of halogens is 1. The first-order valence-electron chi connectivity index (χ1n) is 8.60. The smallest absolute Gasteiger partial charge is 0.386 e. The van der Waals surface area contributed by atoms with Crippen LogP contribution in [0, 0.1) is 0 Å². The largest absolute Gasteiger partial charge is 0.490 e. The second-order valence-electron chi connectivity index (χ2n) is 6.65. The molecule has 0 aliphatic carbocycles. The van der Waals surface area contributed by atoms with Gasteiger partial charge in [0.2, 0.25) is 0 Å². The molecule has 2 aromatic heterocycles. The van der Waals surface area contributed by atoms with Gasteiger partial charge in [-0.15, -0.1) is 6.58 Å². The molecule has 1 aliphatic rings. The van der Waals surface area contributed by atoms with Crippen LogP contribution in [-0.4, -0.2) is 63.8 Å². The Morgan fingerprint density at radius 3 is 2.52 bits per heavy atom. The number of rotatable bonds is 9. The predicted molar refractivity (Wildman–Crippen MR) is 105 cm³/mol. The van der Waals surface area contributed by atoms with Gasteiger partial charge in [-0.2, -0.15) is 13.7 Å². The molecule has 0 amide bonds. The van der Waals surface area contributed by atoms with Gasteiger partial charge in [-0.05, 0) is 12.1 Å². The first-order chi connectivity index (χ1) is 15.1. The summed E-state index contributed by atoms with van der Waals surface area (Å²) in [6, 6.07) is 2.86. The number of ether oxygens (including phenoxy) is 1. The quantitative estimate of drug-likeness (QED) is 0.188. The highest BCUT2D eigenvalue weighted by atomic mass is 31.3. The predicted octanol–water partition coefficient (Wildman–Crippen LogP) is 0.350. The zero-order chi connectivity index (χ0) is 24.8. The molecule has 0 spiro atoms. The number of aliphatic hydroxyl groups excluding tert-OH is 1. The number of aromatic nitrogens is 3. The van der Waals surface area contributed by atoms with Crippen LogP contribution in [0.15, 0.2) is 31.1 Å². The van der Waals surface area contributed by atoms with Crippen LogP contribution in [0.25, 0.3) is 5.52 Å².